The summed E-state index contributed by atoms with van der Waals surface area (Å²) in [6, 6.07) is 17.4. The Balaban J connectivity index is 2.25. The van der Waals surface area contributed by atoms with E-state index in [0.29, 0.717) is 6.42 Å². The van der Waals surface area contributed by atoms with Crippen LogP contribution in [0.5, 0.6) is 0 Å². The highest BCUT2D eigenvalue weighted by Crippen LogP contribution is 2.31. The quantitative estimate of drug-likeness (QED) is 0.748. The second kappa shape index (κ2) is 7.30. The van der Waals surface area contributed by atoms with E-state index in [4.69, 9.17) is 0 Å². The molecule has 0 fully saturated rings. The fraction of sp³-hybridized carbons (Fsp3) is 0.350. The topological polar surface area (TPSA) is 20.3 Å². The fourth-order valence-corrected chi connectivity index (χ4v) is 2.98. The summed E-state index contributed by atoms with van der Waals surface area (Å²) in [6.07, 6.45) is -4.04. The Labute approximate surface area is 146 Å². The summed E-state index contributed by atoms with van der Waals surface area (Å²) in [7, 11) is 1.20. The zero-order valence-electron chi connectivity index (χ0n) is 14.6. The first-order chi connectivity index (χ1) is 11.6. The third kappa shape index (κ3) is 5.08. The molecule has 2 aromatic rings. The molecular formula is C20H22F3NO. The van der Waals surface area contributed by atoms with Crippen LogP contribution < -0.4 is 0 Å². The summed E-state index contributed by atoms with van der Waals surface area (Å²) in [5.74, 6) is -0.521. The second-order valence-corrected chi connectivity index (χ2v) is 6.86. The minimum Gasteiger partial charge on any atom is -0.336 e. The molecule has 0 saturated heterocycles. The van der Waals surface area contributed by atoms with Crippen molar-refractivity contribution in [3.63, 3.8) is 0 Å². The molecule has 0 atom stereocenters. The van der Waals surface area contributed by atoms with Gasteiger partial charge in [-0.2, -0.15) is 13.2 Å². The Bertz CT molecular complexity index is 723. The highest BCUT2D eigenvalue weighted by atomic mass is 19.4. The third-order valence-corrected chi connectivity index (χ3v) is 4.08. The summed E-state index contributed by atoms with van der Waals surface area (Å²) < 4.78 is 37.7. The average Bonchev–Trinajstić information content (AvgIpc) is 2.53. The molecule has 0 spiro atoms. The van der Waals surface area contributed by atoms with Gasteiger partial charge in [0.05, 0.1) is 0 Å². The first kappa shape index (κ1) is 19.0. The Kier molecular flexibility index (Phi) is 5.55. The number of carbonyl (C=O) groups is 1. The molecule has 0 aromatic heterocycles. The summed E-state index contributed by atoms with van der Waals surface area (Å²) in [5, 5.41) is 0. The maximum Gasteiger partial charge on any atom is 0.406 e. The molecule has 2 aromatic carbocycles. The summed E-state index contributed by atoms with van der Waals surface area (Å²) >= 11 is 0. The van der Waals surface area contributed by atoms with E-state index < -0.39 is 24.0 Å². The third-order valence-electron chi connectivity index (χ3n) is 4.08. The molecule has 0 heterocycles. The molecule has 2 nitrogen and oxygen atoms in total. The van der Waals surface area contributed by atoms with Crippen LogP contribution in [0.15, 0.2) is 54.6 Å². The van der Waals surface area contributed by atoms with Gasteiger partial charge in [-0.05, 0) is 23.1 Å². The first-order valence-electron chi connectivity index (χ1n) is 8.06. The van der Waals surface area contributed by atoms with Crippen LogP contribution in [0.3, 0.4) is 0 Å². The van der Waals surface area contributed by atoms with Gasteiger partial charge in [0.15, 0.2) is 0 Å². The SMILES string of the molecule is CN(CC(F)(F)F)C(=O)C(C)(C)Cc1ccccc1-c1ccccc1. The highest BCUT2D eigenvalue weighted by molar-refractivity contribution is 5.82. The van der Waals surface area contributed by atoms with E-state index in [1.165, 1.54) is 7.05 Å². The molecule has 1 amide bonds. The van der Waals surface area contributed by atoms with E-state index in [9.17, 15) is 18.0 Å². The molecule has 0 aliphatic rings. The van der Waals surface area contributed by atoms with E-state index in [0.717, 1.165) is 21.6 Å². The van der Waals surface area contributed by atoms with Crippen molar-refractivity contribution in [2.45, 2.75) is 26.4 Å². The van der Waals surface area contributed by atoms with Crippen LogP contribution in [0, 0.1) is 5.41 Å². The predicted octanol–water partition coefficient (Wildman–Crippen LogP) is 4.94. The van der Waals surface area contributed by atoms with Crippen molar-refractivity contribution in [1.82, 2.24) is 4.90 Å². The number of hydrogen-bond acceptors (Lipinski definition) is 1. The van der Waals surface area contributed by atoms with Gasteiger partial charge in [-0.3, -0.25) is 4.79 Å². The van der Waals surface area contributed by atoms with Gasteiger partial charge in [-0.1, -0.05) is 68.4 Å². The lowest BCUT2D eigenvalue weighted by Gasteiger charge is -2.30. The molecule has 134 valence electrons. The number of amides is 1. The molecule has 25 heavy (non-hydrogen) atoms. The van der Waals surface area contributed by atoms with Crippen LogP contribution in [0.2, 0.25) is 0 Å². The minimum atomic E-state index is -4.40. The van der Waals surface area contributed by atoms with E-state index in [1.807, 2.05) is 54.6 Å². The van der Waals surface area contributed by atoms with Gasteiger partial charge in [-0.25, -0.2) is 0 Å². The summed E-state index contributed by atoms with van der Waals surface area (Å²) in [5.41, 5.74) is 2.00. The zero-order valence-corrected chi connectivity index (χ0v) is 14.6. The van der Waals surface area contributed by atoms with Crippen LogP contribution in [-0.4, -0.2) is 30.6 Å². The normalized spacial score (nSPS) is 12.1. The van der Waals surface area contributed by atoms with Gasteiger partial charge < -0.3 is 4.90 Å². The number of hydrogen-bond donors (Lipinski definition) is 0. The fourth-order valence-electron chi connectivity index (χ4n) is 2.98. The van der Waals surface area contributed by atoms with Crippen molar-refractivity contribution in [1.29, 1.82) is 0 Å². The van der Waals surface area contributed by atoms with E-state index in [2.05, 4.69) is 0 Å². The van der Waals surface area contributed by atoms with Gasteiger partial charge in [0.2, 0.25) is 5.91 Å². The first-order valence-corrected chi connectivity index (χ1v) is 8.06. The summed E-state index contributed by atoms with van der Waals surface area (Å²) in [6.45, 7) is 2.13. The Morgan fingerprint density at radius 1 is 0.960 bits per heavy atom. The van der Waals surface area contributed by atoms with Crippen LogP contribution in [-0.2, 0) is 11.2 Å². The maximum atomic E-state index is 12.6. The largest absolute Gasteiger partial charge is 0.406 e. The molecule has 0 unspecified atom stereocenters. The number of nitrogens with zero attached hydrogens (tertiary/aromatic N) is 1. The average molecular weight is 349 g/mol. The summed E-state index contributed by atoms with van der Waals surface area (Å²) in [4.78, 5) is 13.3. The van der Waals surface area contributed by atoms with Gasteiger partial charge in [0.1, 0.15) is 6.54 Å². The number of alkyl halides is 3. The van der Waals surface area contributed by atoms with Crippen molar-refractivity contribution in [2.75, 3.05) is 13.6 Å². The molecule has 0 aliphatic carbocycles. The smallest absolute Gasteiger partial charge is 0.336 e. The lowest BCUT2D eigenvalue weighted by atomic mass is 9.82. The molecule has 0 bridgehead atoms. The van der Waals surface area contributed by atoms with E-state index in [-0.39, 0.29) is 0 Å². The standard InChI is InChI=1S/C20H22F3NO/c1-19(2,18(25)24(3)14-20(21,22)23)13-16-11-7-8-12-17(16)15-9-5-4-6-10-15/h4-12H,13-14H2,1-3H3. The number of halogens is 3. The maximum absolute atomic E-state index is 12.6. The lowest BCUT2D eigenvalue weighted by Crippen LogP contribution is -2.44. The minimum absolute atomic E-state index is 0.360. The monoisotopic (exact) mass is 349 g/mol. The zero-order chi connectivity index (χ0) is 18.7. The molecule has 2 rings (SSSR count). The molecule has 0 N–H and O–H groups in total. The molecule has 0 radical (unpaired) electrons. The highest BCUT2D eigenvalue weighted by Gasteiger charge is 2.37. The van der Waals surface area contributed by atoms with Gasteiger partial charge in [0, 0.05) is 12.5 Å². The predicted molar refractivity (Wildman–Crippen MR) is 93.1 cm³/mol. The van der Waals surface area contributed by atoms with Crippen molar-refractivity contribution < 1.29 is 18.0 Å². The van der Waals surface area contributed by atoms with E-state index >= 15 is 0 Å². The van der Waals surface area contributed by atoms with E-state index in [1.54, 1.807) is 13.8 Å². The Morgan fingerprint density at radius 3 is 2.12 bits per heavy atom. The Morgan fingerprint density at radius 2 is 1.52 bits per heavy atom. The Hall–Kier alpha value is -2.30. The number of carbonyl (C=O) groups excluding carboxylic acids is 1. The molecule has 0 aliphatic heterocycles. The molecule has 5 heteroatoms. The van der Waals surface area contributed by atoms with Gasteiger partial charge in [-0.15, -0.1) is 0 Å². The lowest BCUT2D eigenvalue weighted by molar-refractivity contribution is -0.163. The number of benzene rings is 2. The van der Waals surface area contributed by atoms with Gasteiger partial charge in [0.25, 0.3) is 0 Å². The van der Waals surface area contributed by atoms with Crippen molar-refractivity contribution in [3.8, 4) is 11.1 Å². The number of rotatable bonds is 5. The van der Waals surface area contributed by atoms with Crippen molar-refractivity contribution in [2.24, 2.45) is 5.41 Å². The van der Waals surface area contributed by atoms with Crippen molar-refractivity contribution >= 4 is 5.91 Å². The molecular weight excluding hydrogens is 327 g/mol. The van der Waals surface area contributed by atoms with Crippen molar-refractivity contribution in [3.05, 3.63) is 60.2 Å². The van der Waals surface area contributed by atoms with Crippen LogP contribution in [0.4, 0.5) is 13.2 Å². The molecule has 0 saturated carbocycles. The van der Waals surface area contributed by atoms with Crippen LogP contribution in [0.25, 0.3) is 11.1 Å². The van der Waals surface area contributed by atoms with Gasteiger partial charge >= 0.3 is 6.18 Å². The van der Waals surface area contributed by atoms with Crippen LogP contribution in [0.1, 0.15) is 19.4 Å². The van der Waals surface area contributed by atoms with Crippen LogP contribution >= 0.6 is 0 Å². The second-order valence-electron chi connectivity index (χ2n) is 6.86.